The fourth-order valence-corrected chi connectivity index (χ4v) is 1.88. The molecular formula is C13H20FNO3. The fraction of sp³-hybridized carbons (Fsp3) is 0.538. The third-order valence-electron chi connectivity index (χ3n) is 2.93. The Balaban J connectivity index is 3.01. The number of hydrogen-bond acceptors (Lipinski definition) is 4. The number of rotatable bonds is 6. The summed E-state index contributed by atoms with van der Waals surface area (Å²) in [5.74, 6) is 0.307. The van der Waals surface area contributed by atoms with Gasteiger partial charge < -0.3 is 20.3 Å². The van der Waals surface area contributed by atoms with E-state index in [0.29, 0.717) is 23.5 Å². The Kier molecular flexibility index (Phi) is 5.37. The van der Waals surface area contributed by atoms with Crippen LogP contribution < -0.4 is 15.2 Å². The molecule has 0 saturated heterocycles. The highest BCUT2D eigenvalue weighted by Crippen LogP contribution is 2.34. The number of aliphatic hydroxyl groups is 1. The van der Waals surface area contributed by atoms with Crippen molar-refractivity contribution in [1.82, 2.24) is 0 Å². The van der Waals surface area contributed by atoms with Crippen molar-refractivity contribution < 1.29 is 19.0 Å². The van der Waals surface area contributed by atoms with Crippen LogP contribution in [0.25, 0.3) is 0 Å². The minimum atomic E-state index is -0.632. The lowest BCUT2D eigenvalue weighted by Crippen LogP contribution is -2.21. The smallest absolute Gasteiger partial charge is 0.163 e. The molecule has 1 aromatic carbocycles. The predicted molar refractivity (Wildman–Crippen MR) is 67.6 cm³/mol. The molecule has 0 aromatic heterocycles. The molecule has 102 valence electrons. The summed E-state index contributed by atoms with van der Waals surface area (Å²) in [5.41, 5.74) is 5.84. The van der Waals surface area contributed by atoms with E-state index in [0.717, 1.165) is 0 Å². The van der Waals surface area contributed by atoms with Gasteiger partial charge >= 0.3 is 0 Å². The Bertz CT molecular complexity index is 398. The topological polar surface area (TPSA) is 64.7 Å². The standard InChI is InChI=1S/C13H20FNO3/c1-8(4-9(16)7-15)10-5-12(17-2)13(18-3)6-11(10)14/h5-6,8-9,16H,4,7,15H2,1-3H3. The van der Waals surface area contributed by atoms with Gasteiger partial charge in [-0.15, -0.1) is 0 Å². The molecule has 0 bridgehead atoms. The van der Waals surface area contributed by atoms with Gasteiger partial charge in [0, 0.05) is 12.6 Å². The van der Waals surface area contributed by atoms with Crippen LogP contribution >= 0.6 is 0 Å². The molecule has 18 heavy (non-hydrogen) atoms. The number of nitrogens with two attached hydrogens (primary N) is 1. The number of hydrogen-bond donors (Lipinski definition) is 2. The van der Waals surface area contributed by atoms with Gasteiger partial charge in [0.1, 0.15) is 5.82 Å². The minimum Gasteiger partial charge on any atom is -0.493 e. The van der Waals surface area contributed by atoms with Crippen molar-refractivity contribution in [1.29, 1.82) is 0 Å². The van der Waals surface area contributed by atoms with Gasteiger partial charge in [-0.1, -0.05) is 6.92 Å². The Morgan fingerprint density at radius 3 is 2.33 bits per heavy atom. The zero-order valence-corrected chi connectivity index (χ0v) is 10.9. The quantitative estimate of drug-likeness (QED) is 0.813. The largest absolute Gasteiger partial charge is 0.493 e. The summed E-state index contributed by atoms with van der Waals surface area (Å²) in [6.45, 7) is 2.00. The number of halogens is 1. The van der Waals surface area contributed by atoms with Gasteiger partial charge in [0.2, 0.25) is 0 Å². The molecule has 0 fully saturated rings. The summed E-state index contributed by atoms with van der Waals surface area (Å²) in [7, 11) is 2.96. The lowest BCUT2D eigenvalue weighted by molar-refractivity contribution is 0.164. The van der Waals surface area contributed by atoms with Gasteiger partial charge in [0.05, 0.1) is 20.3 Å². The molecule has 0 amide bonds. The molecule has 3 N–H and O–H groups in total. The zero-order chi connectivity index (χ0) is 13.7. The summed E-state index contributed by atoms with van der Waals surface area (Å²) >= 11 is 0. The molecule has 0 saturated carbocycles. The molecule has 0 radical (unpaired) electrons. The third-order valence-corrected chi connectivity index (χ3v) is 2.93. The van der Waals surface area contributed by atoms with Crippen LogP contribution in [0.15, 0.2) is 12.1 Å². The summed E-state index contributed by atoms with van der Waals surface area (Å²) in [6, 6.07) is 2.89. The van der Waals surface area contributed by atoms with Crippen molar-refractivity contribution in [2.45, 2.75) is 25.4 Å². The number of aliphatic hydroxyl groups excluding tert-OH is 1. The van der Waals surface area contributed by atoms with Crippen LogP contribution in [0.1, 0.15) is 24.8 Å². The maximum absolute atomic E-state index is 13.9. The van der Waals surface area contributed by atoms with Crippen molar-refractivity contribution in [2.24, 2.45) is 5.73 Å². The molecule has 0 aliphatic rings. The zero-order valence-electron chi connectivity index (χ0n) is 10.9. The van der Waals surface area contributed by atoms with Gasteiger partial charge in [0.15, 0.2) is 11.5 Å². The lowest BCUT2D eigenvalue weighted by atomic mass is 9.94. The third kappa shape index (κ3) is 3.34. The van der Waals surface area contributed by atoms with Crippen molar-refractivity contribution >= 4 is 0 Å². The second-order valence-corrected chi connectivity index (χ2v) is 4.25. The first kappa shape index (κ1) is 14.7. The number of benzene rings is 1. The average Bonchev–Trinajstić information content (AvgIpc) is 2.37. The lowest BCUT2D eigenvalue weighted by Gasteiger charge is -2.18. The SMILES string of the molecule is COc1cc(F)c(C(C)CC(O)CN)cc1OC. The van der Waals surface area contributed by atoms with E-state index in [9.17, 15) is 9.50 Å². The Morgan fingerprint density at radius 2 is 1.83 bits per heavy atom. The van der Waals surface area contributed by atoms with Crippen molar-refractivity contribution in [3.63, 3.8) is 0 Å². The first-order valence-electron chi connectivity index (χ1n) is 5.83. The normalized spacial score (nSPS) is 14.1. The van der Waals surface area contributed by atoms with Crippen LogP contribution in [0.2, 0.25) is 0 Å². The van der Waals surface area contributed by atoms with E-state index in [2.05, 4.69) is 0 Å². The number of ether oxygens (including phenoxy) is 2. The molecule has 0 spiro atoms. The van der Waals surface area contributed by atoms with Crippen LogP contribution in [-0.2, 0) is 0 Å². The number of methoxy groups -OCH3 is 2. The van der Waals surface area contributed by atoms with E-state index in [1.165, 1.54) is 20.3 Å². The molecule has 1 rings (SSSR count). The molecule has 5 heteroatoms. The van der Waals surface area contributed by atoms with Gasteiger partial charge in [0.25, 0.3) is 0 Å². The van der Waals surface area contributed by atoms with E-state index in [1.807, 2.05) is 6.92 Å². The van der Waals surface area contributed by atoms with Gasteiger partial charge in [-0.2, -0.15) is 0 Å². The predicted octanol–water partition coefficient (Wildman–Crippen LogP) is 1.66. The molecule has 1 aromatic rings. The Labute approximate surface area is 107 Å². The molecule has 0 aliphatic carbocycles. The summed E-state index contributed by atoms with van der Waals surface area (Å²) < 4.78 is 24.1. The molecule has 4 nitrogen and oxygen atoms in total. The molecule has 2 atom stereocenters. The molecule has 0 aliphatic heterocycles. The molecular weight excluding hydrogens is 237 g/mol. The monoisotopic (exact) mass is 257 g/mol. The van der Waals surface area contributed by atoms with Crippen LogP contribution in [0, 0.1) is 5.82 Å². The first-order valence-corrected chi connectivity index (χ1v) is 5.83. The maximum Gasteiger partial charge on any atom is 0.163 e. The van der Waals surface area contributed by atoms with Crippen molar-refractivity contribution in [3.05, 3.63) is 23.5 Å². The highest BCUT2D eigenvalue weighted by Gasteiger charge is 2.18. The minimum absolute atomic E-state index is 0.150. The van der Waals surface area contributed by atoms with Crippen LogP contribution in [0.5, 0.6) is 11.5 Å². The highest BCUT2D eigenvalue weighted by molar-refractivity contribution is 5.44. The van der Waals surface area contributed by atoms with E-state index in [-0.39, 0.29) is 18.3 Å². The van der Waals surface area contributed by atoms with Gasteiger partial charge in [-0.25, -0.2) is 4.39 Å². The second kappa shape index (κ2) is 6.56. The Hall–Kier alpha value is -1.33. The highest BCUT2D eigenvalue weighted by atomic mass is 19.1. The van der Waals surface area contributed by atoms with Crippen LogP contribution in [-0.4, -0.2) is 32.0 Å². The van der Waals surface area contributed by atoms with E-state index < -0.39 is 6.10 Å². The van der Waals surface area contributed by atoms with Gasteiger partial charge in [-0.05, 0) is 24.0 Å². The summed E-state index contributed by atoms with van der Waals surface area (Å²) in [5, 5.41) is 9.50. The molecule has 0 heterocycles. The van der Waals surface area contributed by atoms with Crippen molar-refractivity contribution in [2.75, 3.05) is 20.8 Å². The van der Waals surface area contributed by atoms with Crippen LogP contribution in [0.4, 0.5) is 4.39 Å². The second-order valence-electron chi connectivity index (χ2n) is 4.25. The fourth-order valence-electron chi connectivity index (χ4n) is 1.88. The summed E-state index contributed by atoms with van der Waals surface area (Å²) in [6.07, 6.45) is -0.226. The van der Waals surface area contributed by atoms with Crippen LogP contribution in [0.3, 0.4) is 0 Å². The maximum atomic E-state index is 13.9. The Morgan fingerprint density at radius 1 is 1.28 bits per heavy atom. The van der Waals surface area contributed by atoms with Crippen molar-refractivity contribution in [3.8, 4) is 11.5 Å². The van der Waals surface area contributed by atoms with E-state index in [4.69, 9.17) is 15.2 Å². The molecule has 2 unspecified atom stereocenters. The van der Waals surface area contributed by atoms with E-state index >= 15 is 0 Å². The first-order chi connectivity index (χ1) is 8.53. The summed E-state index contributed by atoms with van der Waals surface area (Å²) in [4.78, 5) is 0. The van der Waals surface area contributed by atoms with Gasteiger partial charge in [-0.3, -0.25) is 0 Å². The van der Waals surface area contributed by atoms with E-state index in [1.54, 1.807) is 6.07 Å². The average molecular weight is 257 g/mol.